The van der Waals surface area contributed by atoms with Gasteiger partial charge in [-0.25, -0.2) is 13.2 Å². The second-order valence-corrected chi connectivity index (χ2v) is 7.65. The van der Waals surface area contributed by atoms with Crippen molar-refractivity contribution in [1.82, 2.24) is 0 Å². The van der Waals surface area contributed by atoms with Crippen molar-refractivity contribution in [3.8, 4) is 0 Å². The number of ether oxygens (including phenoxy) is 1. The molecule has 26 heavy (non-hydrogen) atoms. The molecule has 7 nitrogen and oxygen atoms in total. The van der Waals surface area contributed by atoms with Crippen LogP contribution in [0.5, 0.6) is 0 Å². The summed E-state index contributed by atoms with van der Waals surface area (Å²) in [5.41, 5.74) is 0.757. The molecule has 9 heteroatoms. The van der Waals surface area contributed by atoms with Crippen molar-refractivity contribution in [2.24, 2.45) is 0 Å². The highest BCUT2D eigenvalue weighted by atomic mass is 35.5. The van der Waals surface area contributed by atoms with Crippen molar-refractivity contribution in [3.63, 3.8) is 0 Å². The number of sulfonamides is 1. The van der Waals surface area contributed by atoms with Gasteiger partial charge in [-0.2, -0.15) is 0 Å². The number of nitrogens with one attached hydrogen (secondary N) is 1. The lowest BCUT2D eigenvalue weighted by Gasteiger charge is -2.21. The fraction of sp³-hybridized carbons (Fsp3) is 0.176. The summed E-state index contributed by atoms with van der Waals surface area (Å²) in [7, 11) is -2.44. The second-order valence-electron chi connectivity index (χ2n) is 5.34. The highest BCUT2D eigenvalue weighted by molar-refractivity contribution is 7.92. The number of methoxy groups -OCH3 is 1. The normalized spacial score (nSPS) is 10.9. The lowest BCUT2D eigenvalue weighted by molar-refractivity contribution is -0.114. The minimum Gasteiger partial charge on any atom is -0.465 e. The van der Waals surface area contributed by atoms with E-state index in [0.29, 0.717) is 11.4 Å². The number of esters is 1. The van der Waals surface area contributed by atoms with E-state index in [2.05, 4.69) is 10.1 Å². The Kier molecular flexibility index (Phi) is 6.23. The minimum absolute atomic E-state index is 0.0926. The van der Waals surface area contributed by atoms with Gasteiger partial charge in [-0.15, -0.1) is 0 Å². The van der Waals surface area contributed by atoms with Gasteiger partial charge in [-0.05, 0) is 30.3 Å². The van der Waals surface area contributed by atoms with Crippen LogP contribution in [0.4, 0.5) is 11.4 Å². The van der Waals surface area contributed by atoms with Gasteiger partial charge in [0.2, 0.25) is 15.9 Å². The maximum Gasteiger partial charge on any atom is 0.339 e. The predicted octanol–water partition coefficient (Wildman–Crippen LogP) is 2.53. The van der Waals surface area contributed by atoms with Crippen molar-refractivity contribution in [2.45, 2.75) is 0 Å². The molecule has 0 saturated heterocycles. The summed E-state index contributed by atoms with van der Waals surface area (Å²) in [6.07, 6.45) is 1.02. The van der Waals surface area contributed by atoms with Gasteiger partial charge in [0.1, 0.15) is 6.54 Å². The molecule has 0 heterocycles. The molecule has 138 valence electrons. The molecule has 1 amide bonds. The third-order valence-corrected chi connectivity index (χ3v) is 4.86. The lowest BCUT2D eigenvalue weighted by atomic mass is 10.2. The summed E-state index contributed by atoms with van der Waals surface area (Å²) in [5, 5.41) is 2.73. The van der Waals surface area contributed by atoms with E-state index < -0.39 is 28.4 Å². The first-order valence-electron chi connectivity index (χ1n) is 7.43. The molecule has 0 aliphatic carbocycles. The molecular formula is C17H17ClN2O5S. The van der Waals surface area contributed by atoms with Gasteiger partial charge in [0, 0.05) is 5.69 Å². The SMILES string of the molecule is COC(=O)c1cc(NC(=O)CN(c2ccccc2)S(C)(=O)=O)ccc1Cl. The minimum atomic E-state index is -3.66. The molecule has 2 aromatic carbocycles. The molecule has 0 saturated carbocycles. The largest absolute Gasteiger partial charge is 0.465 e. The first-order chi connectivity index (χ1) is 12.2. The number of carbonyl (C=O) groups excluding carboxylic acids is 2. The molecule has 0 aromatic heterocycles. The van der Waals surface area contributed by atoms with Gasteiger partial charge in [-0.3, -0.25) is 9.10 Å². The van der Waals surface area contributed by atoms with Crippen LogP contribution < -0.4 is 9.62 Å². The van der Waals surface area contributed by atoms with Gasteiger partial charge in [0.25, 0.3) is 0 Å². The zero-order valence-corrected chi connectivity index (χ0v) is 15.7. The highest BCUT2D eigenvalue weighted by Crippen LogP contribution is 2.22. The fourth-order valence-corrected chi connectivity index (χ4v) is 3.25. The van der Waals surface area contributed by atoms with E-state index in [0.717, 1.165) is 10.6 Å². The number of nitrogens with zero attached hydrogens (tertiary/aromatic N) is 1. The molecule has 0 aliphatic heterocycles. The molecule has 0 aliphatic rings. The second kappa shape index (κ2) is 8.20. The smallest absolute Gasteiger partial charge is 0.339 e. The van der Waals surface area contributed by atoms with Gasteiger partial charge in [0.15, 0.2) is 0 Å². The molecular weight excluding hydrogens is 380 g/mol. The molecule has 0 unspecified atom stereocenters. The van der Waals surface area contributed by atoms with Gasteiger partial charge in [0.05, 0.1) is 29.6 Å². The Morgan fingerprint density at radius 3 is 2.38 bits per heavy atom. The molecule has 0 atom stereocenters. The molecule has 2 aromatic rings. The lowest BCUT2D eigenvalue weighted by Crippen LogP contribution is -2.37. The van der Waals surface area contributed by atoms with E-state index in [1.807, 2.05) is 0 Å². The maximum atomic E-state index is 12.3. The van der Waals surface area contributed by atoms with E-state index in [1.165, 1.54) is 25.3 Å². The van der Waals surface area contributed by atoms with Crippen LogP contribution in [0.1, 0.15) is 10.4 Å². The Morgan fingerprint density at radius 2 is 1.81 bits per heavy atom. The average molecular weight is 397 g/mol. The zero-order chi connectivity index (χ0) is 19.3. The first kappa shape index (κ1) is 19.7. The van der Waals surface area contributed by atoms with Crippen LogP contribution in [0.15, 0.2) is 48.5 Å². The number of para-hydroxylation sites is 1. The first-order valence-corrected chi connectivity index (χ1v) is 9.65. The van der Waals surface area contributed by atoms with Crippen LogP contribution in [0, 0.1) is 0 Å². The number of anilines is 2. The Bertz CT molecular complexity index is 916. The van der Waals surface area contributed by atoms with E-state index >= 15 is 0 Å². The summed E-state index contributed by atoms with van der Waals surface area (Å²) in [4.78, 5) is 24.0. The van der Waals surface area contributed by atoms with Crippen molar-refractivity contribution in [1.29, 1.82) is 0 Å². The summed E-state index contributed by atoms with van der Waals surface area (Å²) in [6.45, 7) is -0.418. The number of rotatable bonds is 6. The number of halogens is 1. The van der Waals surface area contributed by atoms with Gasteiger partial charge in [-0.1, -0.05) is 29.8 Å². The molecule has 0 bridgehead atoms. The summed E-state index contributed by atoms with van der Waals surface area (Å²) < 4.78 is 29.6. The van der Waals surface area contributed by atoms with E-state index in [9.17, 15) is 18.0 Å². The fourth-order valence-electron chi connectivity index (χ4n) is 2.19. The monoisotopic (exact) mass is 396 g/mol. The van der Waals surface area contributed by atoms with Gasteiger partial charge >= 0.3 is 5.97 Å². The molecule has 1 N–H and O–H groups in total. The van der Waals surface area contributed by atoms with Crippen LogP contribution in [-0.2, 0) is 19.6 Å². The third kappa shape index (κ3) is 4.96. The quantitative estimate of drug-likeness (QED) is 0.757. The zero-order valence-electron chi connectivity index (χ0n) is 14.1. The number of amides is 1. The number of benzene rings is 2. The van der Waals surface area contributed by atoms with Gasteiger partial charge < -0.3 is 10.1 Å². The predicted molar refractivity (Wildman–Crippen MR) is 100 cm³/mol. The molecule has 0 spiro atoms. The number of carbonyl (C=O) groups is 2. The number of hydrogen-bond acceptors (Lipinski definition) is 5. The standard InChI is InChI=1S/C17H17ClN2O5S/c1-25-17(22)14-10-12(8-9-15(14)18)19-16(21)11-20(26(2,23)24)13-6-4-3-5-7-13/h3-10H,11H2,1-2H3,(H,19,21). The molecule has 0 fully saturated rings. The Hall–Kier alpha value is -2.58. The van der Waals surface area contributed by atoms with Crippen molar-refractivity contribution < 1.29 is 22.7 Å². The Labute approximate surface area is 156 Å². The summed E-state index contributed by atoms with van der Waals surface area (Å²) >= 11 is 5.93. The highest BCUT2D eigenvalue weighted by Gasteiger charge is 2.21. The van der Waals surface area contributed by atoms with Crippen LogP contribution in [-0.4, -0.2) is 40.2 Å². The van der Waals surface area contributed by atoms with Crippen LogP contribution >= 0.6 is 11.6 Å². The van der Waals surface area contributed by atoms with Crippen LogP contribution in [0.2, 0.25) is 5.02 Å². The molecule has 0 radical (unpaired) electrons. The van der Waals surface area contributed by atoms with E-state index in [1.54, 1.807) is 30.3 Å². The summed E-state index contributed by atoms with van der Waals surface area (Å²) in [5.74, 6) is -1.22. The van der Waals surface area contributed by atoms with Crippen molar-refractivity contribution in [2.75, 3.05) is 29.5 Å². The van der Waals surface area contributed by atoms with E-state index in [-0.39, 0.29) is 10.6 Å². The molecule has 2 rings (SSSR count). The van der Waals surface area contributed by atoms with Crippen molar-refractivity contribution >= 4 is 44.9 Å². The Morgan fingerprint density at radius 1 is 1.15 bits per heavy atom. The Balaban J connectivity index is 2.20. The third-order valence-electron chi connectivity index (χ3n) is 3.39. The van der Waals surface area contributed by atoms with Crippen LogP contribution in [0.3, 0.4) is 0 Å². The van der Waals surface area contributed by atoms with Crippen molar-refractivity contribution in [3.05, 3.63) is 59.1 Å². The van der Waals surface area contributed by atoms with E-state index in [4.69, 9.17) is 11.6 Å². The van der Waals surface area contributed by atoms with Crippen LogP contribution in [0.25, 0.3) is 0 Å². The summed E-state index contributed by atoms with van der Waals surface area (Å²) in [6, 6.07) is 12.6. The average Bonchev–Trinajstić information content (AvgIpc) is 2.60. The maximum absolute atomic E-state index is 12.3. The topological polar surface area (TPSA) is 92.8 Å². The number of hydrogen-bond donors (Lipinski definition) is 1.